The Kier molecular flexibility index (Phi) is 5.04. The maximum atomic E-state index is 11.9. The van der Waals surface area contributed by atoms with Crippen molar-refractivity contribution < 1.29 is 23.4 Å². The molecule has 0 radical (unpaired) electrons. The van der Waals surface area contributed by atoms with E-state index in [0.717, 1.165) is 0 Å². The number of carbonyl (C=O) groups is 1. The van der Waals surface area contributed by atoms with Crippen LogP contribution in [0.2, 0.25) is 0 Å². The molecule has 0 amide bonds. The van der Waals surface area contributed by atoms with Crippen LogP contribution in [0, 0.1) is 5.92 Å². The Balaban J connectivity index is 2.80. The molecule has 0 aliphatic heterocycles. The van der Waals surface area contributed by atoms with Crippen LogP contribution >= 0.6 is 0 Å². The molecule has 19 heavy (non-hydrogen) atoms. The Morgan fingerprint density at radius 1 is 1.26 bits per heavy atom. The first kappa shape index (κ1) is 15.6. The van der Waals surface area contributed by atoms with Crippen LogP contribution in [0.15, 0.2) is 29.2 Å². The molecule has 0 aromatic heterocycles. The lowest BCUT2D eigenvalue weighted by molar-refractivity contribution is 0.0696. The fourth-order valence-corrected chi connectivity index (χ4v) is 2.34. The topological polar surface area (TPSA) is 104 Å². The molecule has 1 rings (SSSR count). The lowest BCUT2D eigenvalue weighted by Gasteiger charge is -2.15. The standard InChI is InChI=1S/C12H17NO5S/c1-8(2)11(14)7-13-19(17,18)10-5-3-9(4-6-10)12(15)16/h3-6,8,11,13-14H,7H2,1-2H3,(H,15,16). The van der Waals surface area contributed by atoms with Gasteiger partial charge in [0.05, 0.1) is 16.6 Å². The number of benzene rings is 1. The molecule has 1 atom stereocenters. The highest BCUT2D eigenvalue weighted by molar-refractivity contribution is 7.89. The van der Waals surface area contributed by atoms with Gasteiger partial charge in [0.25, 0.3) is 0 Å². The summed E-state index contributed by atoms with van der Waals surface area (Å²) >= 11 is 0. The van der Waals surface area contributed by atoms with Crippen molar-refractivity contribution in [3.8, 4) is 0 Å². The Morgan fingerprint density at radius 2 is 1.79 bits per heavy atom. The van der Waals surface area contributed by atoms with E-state index >= 15 is 0 Å². The Bertz CT molecular complexity index is 536. The number of carboxylic acids is 1. The van der Waals surface area contributed by atoms with Gasteiger partial charge < -0.3 is 10.2 Å². The zero-order valence-corrected chi connectivity index (χ0v) is 11.5. The van der Waals surface area contributed by atoms with E-state index in [4.69, 9.17) is 5.11 Å². The monoisotopic (exact) mass is 287 g/mol. The van der Waals surface area contributed by atoms with Crippen molar-refractivity contribution in [3.05, 3.63) is 29.8 Å². The normalized spacial score (nSPS) is 13.5. The predicted molar refractivity (Wildman–Crippen MR) is 69.4 cm³/mol. The number of sulfonamides is 1. The molecule has 0 saturated heterocycles. The van der Waals surface area contributed by atoms with Gasteiger partial charge in [0.1, 0.15) is 0 Å². The summed E-state index contributed by atoms with van der Waals surface area (Å²) in [5.41, 5.74) is 0.0150. The van der Waals surface area contributed by atoms with Gasteiger partial charge in [-0.3, -0.25) is 0 Å². The van der Waals surface area contributed by atoms with E-state index in [2.05, 4.69) is 4.72 Å². The highest BCUT2D eigenvalue weighted by Gasteiger charge is 2.17. The van der Waals surface area contributed by atoms with Crippen molar-refractivity contribution in [2.75, 3.05) is 6.54 Å². The summed E-state index contributed by atoms with van der Waals surface area (Å²) < 4.78 is 26.0. The SMILES string of the molecule is CC(C)C(O)CNS(=O)(=O)c1ccc(C(=O)O)cc1. The molecule has 1 aromatic carbocycles. The summed E-state index contributed by atoms with van der Waals surface area (Å²) in [6.07, 6.45) is -0.770. The van der Waals surface area contributed by atoms with E-state index in [-0.39, 0.29) is 22.9 Å². The van der Waals surface area contributed by atoms with Crippen LogP contribution in [0.25, 0.3) is 0 Å². The minimum Gasteiger partial charge on any atom is -0.478 e. The lowest BCUT2D eigenvalue weighted by Crippen LogP contribution is -2.34. The van der Waals surface area contributed by atoms with Crippen LogP contribution in [0.4, 0.5) is 0 Å². The average molecular weight is 287 g/mol. The van der Waals surface area contributed by atoms with Gasteiger partial charge in [-0.2, -0.15) is 0 Å². The molecule has 0 fully saturated rings. The van der Waals surface area contributed by atoms with Crippen molar-refractivity contribution in [3.63, 3.8) is 0 Å². The fraction of sp³-hybridized carbons (Fsp3) is 0.417. The molecule has 0 bridgehead atoms. The molecule has 0 heterocycles. The summed E-state index contributed by atoms with van der Waals surface area (Å²) in [5, 5.41) is 18.3. The number of hydrogen-bond acceptors (Lipinski definition) is 4. The van der Waals surface area contributed by atoms with E-state index < -0.39 is 22.1 Å². The van der Waals surface area contributed by atoms with Gasteiger partial charge in [-0.1, -0.05) is 13.8 Å². The molecule has 0 saturated carbocycles. The van der Waals surface area contributed by atoms with Gasteiger partial charge in [-0.05, 0) is 30.2 Å². The molecule has 106 valence electrons. The van der Waals surface area contributed by atoms with Crippen molar-refractivity contribution in [2.45, 2.75) is 24.8 Å². The quantitative estimate of drug-likeness (QED) is 0.714. The van der Waals surface area contributed by atoms with E-state index in [0.29, 0.717) is 0 Å². The van der Waals surface area contributed by atoms with E-state index in [1.165, 1.54) is 24.3 Å². The maximum absolute atomic E-state index is 11.9. The number of aliphatic hydroxyl groups excluding tert-OH is 1. The second kappa shape index (κ2) is 6.14. The van der Waals surface area contributed by atoms with Gasteiger partial charge >= 0.3 is 5.97 Å². The fourth-order valence-electron chi connectivity index (χ4n) is 1.29. The van der Waals surface area contributed by atoms with Crippen LogP contribution < -0.4 is 4.72 Å². The summed E-state index contributed by atoms with van der Waals surface area (Å²) in [7, 11) is -3.73. The third-order valence-electron chi connectivity index (χ3n) is 2.66. The van der Waals surface area contributed by atoms with E-state index in [1.807, 2.05) is 0 Å². The van der Waals surface area contributed by atoms with Gasteiger partial charge in [0.15, 0.2) is 0 Å². The average Bonchev–Trinajstić information content (AvgIpc) is 2.36. The van der Waals surface area contributed by atoms with Crippen LogP contribution in [0.1, 0.15) is 24.2 Å². The predicted octanol–water partition coefficient (Wildman–Crippen LogP) is 0.680. The lowest BCUT2D eigenvalue weighted by atomic mass is 10.1. The highest BCUT2D eigenvalue weighted by atomic mass is 32.2. The zero-order chi connectivity index (χ0) is 14.6. The first-order chi connectivity index (χ1) is 8.74. The van der Waals surface area contributed by atoms with Crippen LogP contribution in [0.5, 0.6) is 0 Å². The third-order valence-corrected chi connectivity index (χ3v) is 4.10. The number of nitrogens with one attached hydrogen (secondary N) is 1. The number of aromatic carboxylic acids is 1. The van der Waals surface area contributed by atoms with Gasteiger partial charge in [-0.25, -0.2) is 17.9 Å². The minimum atomic E-state index is -3.73. The van der Waals surface area contributed by atoms with Crippen molar-refractivity contribution >= 4 is 16.0 Å². The van der Waals surface area contributed by atoms with E-state index in [1.54, 1.807) is 13.8 Å². The summed E-state index contributed by atoms with van der Waals surface area (Å²) in [5.74, 6) is -1.18. The van der Waals surface area contributed by atoms with Gasteiger partial charge in [0.2, 0.25) is 10.0 Å². The molecule has 0 aliphatic rings. The first-order valence-electron chi connectivity index (χ1n) is 5.75. The molecule has 0 spiro atoms. The smallest absolute Gasteiger partial charge is 0.335 e. The van der Waals surface area contributed by atoms with Crippen molar-refractivity contribution in [2.24, 2.45) is 5.92 Å². The number of carboxylic acid groups (broad SMARTS) is 1. The Morgan fingerprint density at radius 3 is 2.21 bits per heavy atom. The number of rotatable bonds is 6. The molecule has 0 aliphatic carbocycles. The Hall–Kier alpha value is -1.44. The van der Waals surface area contributed by atoms with Gasteiger partial charge in [0, 0.05) is 6.54 Å². The molecule has 3 N–H and O–H groups in total. The second-order valence-electron chi connectivity index (χ2n) is 4.49. The van der Waals surface area contributed by atoms with Crippen LogP contribution in [-0.2, 0) is 10.0 Å². The number of hydrogen-bond donors (Lipinski definition) is 3. The first-order valence-corrected chi connectivity index (χ1v) is 7.23. The number of aliphatic hydroxyl groups is 1. The molecule has 6 nitrogen and oxygen atoms in total. The van der Waals surface area contributed by atoms with Crippen LogP contribution in [-0.4, -0.2) is 37.2 Å². The van der Waals surface area contributed by atoms with E-state index in [9.17, 15) is 18.3 Å². The van der Waals surface area contributed by atoms with Crippen LogP contribution in [0.3, 0.4) is 0 Å². The maximum Gasteiger partial charge on any atom is 0.335 e. The highest BCUT2D eigenvalue weighted by Crippen LogP contribution is 2.11. The largest absolute Gasteiger partial charge is 0.478 e. The van der Waals surface area contributed by atoms with Crippen molar-refractivity contribution in [1.29, 1.82) is 0 Å². The Labute approximate surface area is 112 Å². The zero-order valence-electron chi connectivity index (χ0n) is 10.7. The molecule has 7 heteroatoms. The minimum absolute atomic E-state index is 0.0150. The third kappa shape index (κ3) is 4.30. The summed E-state index contributed by atoms with van der Waals surface area (Å²) in [4.78, 5) is 10.6. The summed E-state index contributed by atoms with van der Waals surface area (Å²) in [6.45, 7) is 3.47. The molecule has 1 aromatic rings. The van der Waals surface area contributed by atoms with Gasteiger partial charge in [-0.15, -0.1) is 0 Å². The van der Waals surface area contributed by atoms with Crippen molar-refractivity contribution in [1.82, 2.24) is 4.72 Å². The molecular weight excluding hydrogens is 270 g/mol. The second-order valence-corrected chi connectivity index (χ2v) is 6.26. The summed E-state index contributed by atoms with van der Waals surface area (Å²) in [6, 6.07) is 4.87. The molecular formula is C12H17NO5S. The molecule has 1 unspecified atom stereocenters.